The Balaban J connectivity index is 1.84. The van der Waals surface area contributed by atoms with Gasteiger partial charge in [-0.25, -0.2) is 8.42 Å². The molecule has 136 valence electrons. The summed E-state index contributed by atoms with van der Waals surface area (Å²) < 4.78 is 26.9. The highest BCUT2D eigenvalue weighted by Crippen LogP contribution is 2.27. The van der Waals surface area contributed by atoms with Gasteiger partial charge in [0.05, 0.1) is 0 Å². The van der Waals surface area contributed by atoms with Gasteiger partial charge in [-0.05, 0) is 37.3 Å². The summed E-state index contributed by atoms with van der Waals surface area (Å²) in [6.07, 6.45) is 3.40. The molecule has 0 bridgehead atoms. The van der Waals surface area contributed by atoms with Crippen molar-refractivity contribution >= 4 is 27.3 Å². The number of nitrogens with one attached hydrogen (secondary N) is 2. The molecule has 1 saturated carbocycles. The van der Waals surface area contributed by atoms with Gasteiger partial charge in [0.25, 0.3) is 10.0 Å². The van der Waals surface area contributed by atoms with E-state index >= 15 is 0 Å². The Kier molecular flexibility index (Phi) is 7.06. The number of aliphatic imine (C=N–C) groups is 1. The number of hydrogen-bond donors (Lipinski definition) is 2. The summed E-state index contributed by atoms with van der Waals surface area (Å²) in [7, 11) is -1.58. The zero-order chi connectivity index (χ0) is 17.6. The first kappa shape index (κ1) is 19.2. The van der Waals surface area contributed by atoms with Crippen LogP contribution in [0.5, 0.6) is 0 Å². The minimum absolute atomic E-state index is 0.428. The molecule has 1 heterocycles. The molecule has 0 radical (unpaired) electrons. The summed E-state index contributed by atoms with van der Waals surface area (Å²) in [6.45, 7) is 6.42. The van der Waals surface area contributed by atoms with Gasteiger partial charge >= 0.3 is 0 Å². The molecule has 1 aliphatic carbocycles. The van der Waals surface area contributed by atoms with E-state index in [9.17, 15) is 8.42 Å². The number of rotatable bonds is 9. The standard InChI is InChI=1S/C16H28N4O2S2/c1-4-20(5-2)24(21,22)15-9-8-14(23-15)10-11-18-16(17-3)19-12-13-6-7-13/h8-9,13H,4-7,10-12H2,1-3H3,(H2,17,18,19). The topological polar surface area (TPSA) is 73.8 Å². The molecular weight excluding hydrogens is 344 g/mol. The maximum atomic E-state index is 12.5. The Morgan fingerprint density at radius 3 is 2.58 bits per heavy atom. The molecular formula is C16H28N4O2S2. The van der Waals surface area contributed by atoms with Crippen LogP contribution in [-0.2, 0) is 16.4 Å². The lowest BCUT2D eigenvalue weighted by Gasteiger charge is -2.16. The number of thiophene rings is 1. The first-order valence-corrected chi connectivity index (χ1v) is 10.8. The molecule has 1 aliphatic rings. The maximum Gasteiger partial charge on any atom is 0.252 e. The van der Waals surface area contributed by atoms with Crippen LogP contribution in [0.1, 0.15) is 31.6 Å². The Morgan fingerprint density at radius 1 is 1.29 bits per heavy atom. The fourth-order valence-electron chi connectivity index (χ4n) is 2.41. The number of guanidine groups is 1. The van der Waals surface area contributed by atoms with Crippen LogP contribution in [0.3, 0.4) is 0 Å². The van der Waals surface area contributed by atoms with Crippen LogP contribution in [0, 0.1) is 5.92 Å². The fourth-order valence-corrected chi connectivity index (χ4v) is 5.38. The zero-order valence-electron chi connectivity index (χ0n) is 14.7. The Morgan fingerprint density at radius 2 is 2.00 bits per heavy atom. The lowest BCUT2D eigenvalue weighted by Crippen LogP contribution is -2.39. The molecule has 0 unspecified atom stereocenters. The molecule has 2 N–H and O–H groups in total. The van der Waals surface area contributed by atoms with E-state index in [0.29, 0.717) is 17.3 Å². The number of nitrogens with zero attached hydrogens (tertiary/aromatic N) is 2. The van der Waals surface area contributed by atoms with Gasteiger partial charge in [-0.3, -0.25) is 4.99 Å². The normalized spacial score (nSPS) is 15.8. The second-order valence-corrected chi connectivity index (χ2v) is 9.22. The average molecular weight is 373 g/mol. The number of hydrogen-bond acceptors (Lipinski definition) is 4. The summed E-state index contributed by atoms with van der Waals surface area (Å²) in [4.78, 5) is 5.27. The van der Waals surface area contributed by atoms with Gasteiger partial charge in [0.1, 0.15) is 4.21 Å². The van der Waals surface area contributed by atoms with Crippen LogP contribution in [0.4, 0.5) is 0 Å². The molecule has 8 heteroatoms. The van der Waals surface area contributed by atoms with Crippen LogP contribution in [0.15, 0.2) is 21.3 Å². The van der Waals surface area contributed by atoms with Crippen LogP contribution >= 0.6 is 11.3 Å². The van der Waals surface area contributed by atoms with Crippen LogP contribution in [0.2, 0.25) is 0 Å². The summed E-state index contributed by atoms with van der Waals surface area (Å²) in [5.41, 5.74) is 0. The lowest BCUT2D eigenvalue weighted by atomic mass is 10.3. The zero-order valence-corrected chi connectivity index (χ0v) is 16.3. The molecule has 0 aliphatic heterocycles. The molecule has 1 aromatic rings. The van der Waals surface area contributed by atoms with Crippen molar-refractivity contribution < 1.29 is 8.42 Å². The predicted molar refractivity (Wildman–Crippen MR) is 100 cm³/mol. The third kappa shape index (κ3) is 5.19. The van der Waals surface area contributed by atoms with Crippen molar-refractivity contribution in [2.45, 2.75) is 37.3 Å². The quantitative estimate of drug-likeness (QED) is 0.513. The van der Waals surface area contributed by atoms with Crippen LogP contribution < -0.4 is 10.6 Å². The van der Waals surface area contributed by atoms with E-state index in [1.807, 2.05) is 19.9 Å². The second-order valence-electron chi connectivity index (χ2n) is 5.88. The molecule has 6 nitrogen and oxygen atoms in total. The molecule has 0 aromatic carbocycles. The molecule has 1 fully saturated rings. The highest BCUT2D eigenvalue weighted by molar-refractivity contribution is 7.91. The smallest absolute Gasteiger partial charge is 0.252 e. The minimum atomic E-state index is -3.34. The van der Waals surface area contributed by atoms with Gasteiger partial charge in [0, 0.05) is 38.1 Å². The Labute approximate surface area is 149 Å². The Bertz CT molecular complexity index is 647. The lowest BCUT2D eigenvalue weighted by molar-refractivity contribution is 0.447. The summed E-state index contributed by atoms with van der Waals surface area (Å²) in [6, 6.07) is 3.62. The monoisotopic (exact) mass is 372 g/mol. The van der Waals surface area contributed by atoms with Gasteiger partial charge in [-0.15, -0.1) is 11.3 Å². The first-order chi connectivity index (χ1) is 11.5. The van der Waals surface area contributed by atoms with E-state index in [-0.39, 0.29) is 0 Å². The van der Waals surface area contributed by atoms with Crippen molar-refractivity contribution in [1.82, 2.24) is 14.9 Å². The molecule has 24 heavy (non-hydrogen) atoms. The van der Waals surface area contributed by atoms with Crippen molar-refractivity contribution in [2.24, 2.45) is 10.9 Å². The van der Waals surface area contributed by atoms with Crippen LogP contribution in [0.25, 0.3) is 0 Å². The first-order valence-electron chi connectivity index (χ1n) is 8.54. The Hall–Kier alpha value is -1.12. The summed E-state index contributed by atoms with van der Waals surface area (Å²) in [5, 5.41) is 6.60. The van der Waals surface area contributed by atoms with Crippen molar-refractivity contribution in [2.75, 3.05) is 33.2 Å². The van der Waals surface area contributed by atoms with Gasteiger partial charge in [0.15, 0.2) is 5.96 Å². The van der Waals surface area contributed by atoms with E-state index in [0.717, 1.165) is 36.3 Å². The molecule has 0 atom stereocenters. The highest BCUT2D eigenvalue weighted by Gasteiger charge is 2.23. The van der Waals surface area contributed by atoms with E-state index in [4.69, 9.17) is 0 Å². The summed E-state index contributed by atoms with van der Waals surface area (Å²) in [5.74, 6) is 1.61. The highest BCUT2D eigenvalue weighted by atomic mass is 32.2. The maximum absolute atomic E-state index is 12.5. The van der Waals surface area contributed by atoms with Crippen molar-refractivity contribution in [3.05, 3.63) is 17.0 Å². The van der Waals surface area contributed by atoms with Crippen molar-refractivity contribution in [3.63, 3.8) is 0 Å². The summed E-state index contributed by atoms with van der Waals surface area (Å²) >= 11 is 1.36. The second kappa shape index (κ2) is 8.82. The molecule has 0 spiro atoms. The van der Waals surface area contributed by atoms with E-state index < -0.39 is 10.0 Å². The average Bonchev–Trinajstić information content (AvgIpc) is 3.27. The molecule has 0 amide bonds. The van der Waals surface area contributed by atoms with Crippen molar-refractivity contribution in [3.8, 4) is 0 Å². The number of sulfonamides is 1. The van der Waals surface area contributed by atoms with Gasteiger partial charge in [-0.2, -0.15) is 4.31 Å². The van der Waals surface area contributed by atoms with Crippen molar-refractivity contribution in [1.29, 1.82) is 0 Å². The third-order valence-corrected chi connectivity index (χ3v) is 7.74. The third-order valence-electron chi connectivity index (χ3n) is 4.08. The van der Waals surface area contributed by atoms with E-state index in [1.54, 1.807) is 13.1 Å². The molecule has 2 rings (SSSR count). The van der Waals surface area contributed by atoms with E-state index in [1.165, 1.54) is 28.5 Å². The largest absolute Gasteiger partial charge is 0.356 e. The van der Waals surface area contributed by atoms with Crippen LogP contribution in [-0.4, -0.2) is 51.9 Å². The van der Waals surface area contributed by atoms with E-state index in [2.05, 4.69) is 15.6 Å². The predicted octanol–water partition coefficient (Wildman–Crippen LogP) is 1.90. The molecule has 0 saturated heterocycles. The van der Waals surface area contributed by atoms with Gasteiger partial charge < -0.3 is 10.6 Å². The van der Waals surface area contributed by atoms with Gasteiger partial charge in [-0.1, -0.05) is 13.8 Å². The molecule has 1 aromatic heterocycles. The SMILES string of the molecule is CCN(CC)S(=O)(=O)c1ccc(CCNC(=NC)NCC2CC2)s1. The minimum Gasteiger partial charge on any atom is -0.356 e. The fraction of sp³-hybridized carbons (Fsp3) is 0.688. The van der Waals surface area contributed by atoms with Gasteiger partial charge in [0.2, 0.25) is 0 Å².